The van der Waals surface area contributed by atoms with Crippen LogP contribution in [0.2, 0.25) is 10.0 Å². The Morgan fingerprint density at radius 3 is 2.30 bits per heavy atom. The molecule has 9 heteroatoms. The number of nitrogens with zero attached hydrogens (tertiary/aromatic N) is 2. The molecule has 0 unspecified atom stereocenters. The summed E-state index contributed by atoms with van der Waals surface area (Å²) in [5.41, 5.74) is 0.535. The topological polar surface area (TPSA) is 40.6 Å². The fourth-order valence-corrected chi connectivity index (χ4v) is 4.12. The van der Waals surface area contributed by atoms with Crippen molar-refractivity contribution in [2.24, 2.45) is 0 Å². The summed E-state index contributed by atoms with van der Waals surface area (Å²) in [6.07, 6.45) is -4.59. The third-order valence-electron chi connectivity index (χ3n) is 5.42. The Kier molecular flexibility index (Phi) is 6.12. The first-order valence-corrected chi connectivity index (χ1v) is 10.7. The van der Waals surface area contributed by atoms with E-state index in [1.807, 2.05) is 0 Å². The van der Waals surface area contributed by atoms with Crippen LogP contribution in [0.4, 0.5) is 24.5 Å². The highest BCUT2D eigenvalue weighted by Gasteiger charge is 2.39. The van der Waals surface area contributed by atoms with Crippen molar-refractivity contribution in [2.75, 3.05) is 9.80 Å². The predicted molar refractivity (Wildman–Crippen MR) is 122 cm³/mol. The lowest BCUT2D eigenvalue weighted by molar-refractivity contribution is -0.137. The Morgan fingerprint density at radius 1 is 0.939 bits per heavy atom. The number of halogens is 5. The van der Waals surface area contributed by atoms with Crippen molar-refractivity contribution < 1.29 is 22.8 Å². The Bertz CT molecular complexity index is 1250. The summed E-state index contributed by atoms with van der Waals surface area (Å²) in [6, 6.07) is 15.0. The largest absolute Gasteiger partial charge is 0.416 e. The highest BCUT2D eigenvalue weighted by atomic mass is 35.5. The minimum atomic E-state index is -4.59. The molecule has 1 atom stereocenters. The standard InChI is InChI=1S/C24H17Cl2F3N2O2/c1-14-22(32)30(13-15-9-10-18(25)19(26)11-15)20-7-2-3-8-21(20)31(14)23(33)16-5-4-6-17(12-16)24(27,28)29/h2-12,14H,13H2,1H3/t14-/m0/s1. The number of hydrogen-bond donors (Lipinski definition) is 0. The molecule has 0 N–H and O–H groups in total. The monoisotopic (exact) mass is 492 g/mol. The van der Waals surface area contributed by atoms with E-state index in [9.17, 15) is 22.8 Å². The maximum absolute atomic E-state index is 13.3. The Hall–Kier alpha value is -3.03. The van der Waals surface area contributed by atoms with Gasteiger partial charge in [-0.1, -0.05) is 47.5 Å². The average Bonchev–Trinajstić information content (AvgIpc) is 2.78. The minimum Gasteiger partial charge on any atom is -0.304 e. The normalized spacial score (nSPS) is 16.1. The molecular weight excluding hydrogens is 476 g/mol. The predicted octanol–water partition coefficient (Wildman–Crippen LogP) is 6.59. The Labute approximate surface area is 198 Å². The molecule has 2 amide bonds. The molecule has 170 valence electrons. The molecule has 0 radical (unpaired) electrons. The van der Waals surface area contributed by atoms with Gasteiger partial charge in [-0.3, -0.25) is 14.5 Å². The van der Waals surface area contributed by atoms with Crippen molar-refractivity contribution in [3.05, 3.63) is 93.5 Å². The lowest BCUT2D eigenvalue weighted by Crippen LogP contribution is -2.54. The average molecular weight is 493 g/mol. The second-order valence-electron chi connectivity index (χ2n) is 7.59. The van der Waals surface area contributed by atoms with Gasteiger partial charge < -0.3 is 4.90 Å². The molecule has 1 heterocycles. The quantitative estimate of drug-likeness (QED) is 0.413. The van der Waals surface area contributed by atoms with Gasteiger partial charge in [-0.15, -0.1) is 0 Å². The summed E-state index contributed by atoms with van der Waals surface area (Å²) in [4.78, 5) is 29.4. The number of hydrogen-bond acceptors (Lipinski definition) is 2. The summed E-state index contributed by atoms with van der Waals surface area (Å²) in [7, 11) is 0. The Balaban J connectivity index is 1.73. The fraction of sp³-hybridized carbons (Fsp3) is 0.167. The van der Waals surface area contributed by atoms with E-state index in [0.717, 1.165) is 17.7 Å². The number of para-hydroxylation sites is 2. The molecule has 0 aromatic heterocycles. The van der Waals surface area contributed by atoms with Gasteiger partial charge in [-0.05, 0) is 55.0 Å². The number of benzene rings is 3. The number of rotatable bonds is 3. The molecule has 0 saturated heterocycles. The molecule has 1 aliphatic heterocycles. The number of alkyl halides is 3. The van der Waals surface area contributed by atoms with Crippen LogP contribution in [0.25, 0.3) is 0 Å². The second kappa shape index (κ2) is 8.72. The number of fused-ring (bicyclic) bond motifs is 1. The zero-order valence-corrected chi connectivity index (χ0v) is 18.7. The van der Waals surface area contributed by atoms with Gasteiger partial charge in [0.2, 0.25) is 5.91 Å². The van der Waals surface area contributed by atoms with Crippen LogP contribution in [-0.2, 0) is 17.5 Å². The number of carbonyl (C=O) groups is 2. The minimum absolute atomic E-state index is 0.155. The van der Waals surface area contributed by atoms with Crippen LogP contribution in [0.5, 0.6) is 0 Å². The maximum Gasteiger partial charge on any atom is 0.416 e. The Morgan fingerprint density at radius 2 is 1.64 bits per heavy atom. The zero-order chi connectivity index (χ0) is 23.9. The van der Waals surface area contributed by atoms with Gasteiger partial charge in [0.05, 0.1) is 33.5 Å². The lowest BCUT2D eigenvalue weighted by Gasteiger charge is -2.40. The first kappa shape index (κ1) is 23.1. The second-order valence-corrected chi connectivity index (χ2v) is 8.41. The third-order valence-corrected chi connectivity index (χ3v) is 6.16. The molecule has 4 nitrogen and oxygen atoms in total. The summed E-state index contributed by atoms with van der Waals surface area (Å²) in [6.45, 7) is 1.73. The van der Waals surface area contributed by atoms with E-state index in [1.54, 1.807) is 49.4 Å². The first-order chi connectivity index (χ1) is 15.6. The summed E-state index contributed by atoms with van der Waals surface area (Å²) in [5, 5.41) is 0.735. The van der Waals surface area contributed by atoms with Crippen LogP contribution in [0.1, 0.15) is 28.4 Å². The molecule has 0 aliphatic carbocycles. The number of anilines is 2. The van der Waals surface area contributed by atoms with E-state index in [-0.39, 0.29) is 18.0 Å². The molecular formula is C24H17Cl2F3N2O2. The van der Waals surface area contributed by atoms with Crippen LogP contribution < -0.4 is 9.80 Å². The van der Waals surface area contributed by atoms with Gasteiger partial charge in [-0.25, -0.2) is 0 Å². The van der Waals surface area contributed by atoms with E-state index in [2.05, 4.69) is 0 Å². The molecule has 33 heavy (non-hydrogen) atoms. The van der Waals surface area contributed by atoms with Gasteiger partial charge in [0.15, 0.2) is 0 Å². The fourth-order valence-electron chi connectivity index (χ4n) is 3.80. The van der Waals surface area contributed by atoms with Gasteiger partial charge in [-0.2, -0.15) is 13.2 Å². The van der Waals surface area contributed by atoms with Crippen molar-refractivity contribution in [1.29, 1.82) is 0 Å². The van der Waals surface area contributed by atoms with Crippen LogP contribution in [0.3, 0.4) is 0 Å². The van der Waals surface area contributed by atoms with Crippen LogP contribution in [0, 0.1) is 0 Å². The summed E-state index contributed by atoms with van der Waals surface area (Å²) in [5.74, 6) is -1.07. The highest BCUT2D eigenvalue weighted by molar-refractivity contribution is 6.42. The molecule has 0 bridgehead atoms. The SMILES string of the molecule is C[C@H]1C(=O)N(Cc2ccc(Cl)c(Cl)c2)c2ccccc2N1C(=O)c1cccc(C(F)(F)F)c1. The molecule has 0 saturated carbocycles. The summed E-state index contributed by atoms with van der Waals surface area (Å²) < 4.78 is 39.5. The maximum atomic E-state index is 13.3. The smallest absolute Gasteiger partial charge is 0.304 e. The number of carbonyl (C=O) groups excluding carboxylic acids is 2. The van der Waals surface area contributed by atoms with Gasteiger partial charge in [0.25, 0.3) is 5.91 Å². The molecule has 3 aromatic rings. The van der Waals surface area contributed by atoms with E-state index in [4.69, 9.17) is 23.2 Å². The lowest BCUT2D eigenvalue weighted by atomic mass is 10.0. The van der Waals surface area contributed by atoms with Crippen LogP contribution in [-0.4, -0.2) is 17.9 Å². The van der Waals surface area contributed by atoms with Gasteiger partial charge in [0, 0.05) is 5.56 Å². The van der Waals surface area contributed by atoms with Gasteiger partial charge >= 0.3 is 6.18 Å². The highest BCUT2D eigenvalue weighted by Crippen LogP contribution is 2.38. The van der Waals surface area contributed by atoms with Crippen LogP contribution in [0.15, 0.2) is 66.7 Å². The molecule has 1 aliphatic rings. The van der Waals surface area contributed by atoms with Crippen LogP contribution >= 0.6 is 23.2 Å². The van der Waals surface area contributed by atoms with Crippen molar-refractivity contribution in [2.45, 2.75) is 25.7 Å². The summed E-state index contributed by atoms with van der Waals surface area (Å²) >= 11 is 12.1. The van der Waals surface area contributed by atoms with E-state index in [1.165, 1.54) is 21.9 Å². The van der Waals surface area contributed by atoms with Crippen molar-refractivity contribution in [3.63, 3.8) is 0 Å². The zero-order valence-electron chi connectivity index (χ0n) is 17.2. The van der Waals surface area contributed by atoms with Crippen molar-refractivity contribution in [3.8, 4) is 0 Å². The number of amides is 2. The molecule has 3 aromatic carbocycles. The van der Waals surface area contributed by atoms with Gasteiger partial charge in [0.1, 0.15) is 6.04 Å². The van der Waals surface area contributed by atoms with E-state index >= 15 is 0 Å². The van der Waals surface area contributed by atoms with Crippen molar-refractivity contribution >= 4 is 46.4 Å². The first-order valence-electron chi connectivity index (χ1n) is 9.93. The van der Waals surface area contributed by atoms with E-state index in [0.29, 0.717) is 21.4 Å². The van der Waals surface area contributed by atoms with Crippen molar-refractivity contribution in [1.82, 2.24) is 0 Å². The third kappa shape index (κ3) is 4.43. The molecule has 4 rings (SSSR count). The molecule has 0 fully saturated rings. The molecule has 0 spiro atoms. The van der Waals surface area contributed by atoms with E-state index < -0.39 is 23.7 Å².